The van der Waals surface area contributed by atoms with Crippen LogP contribution < -0.4 is 0 Å². The highest BCUT2D eigenvalue weighted by atomic mass is 14.9. The van der Waals surface area contributed by atoms with E-state index >= 15 is 0 Å². The minimum Gasteiger partial charge on any atom is -0.361 e. The van der Waals surface area contributed by atoms with Gasteiger partial charge in [0.2, 0.25) is 0 Å². The van der Waals surface area contributed by atoms with Crippen LogP contribution in [0, 0.1) is 20.4 Å². The SMILES string of the molecule is [C-]#[N+]c1ccc2ccc(C)c(C)c2n1. The zero-order chi connectivity index (χ0) is 10.1. The number of aryl methyl sites for hydroxylation is 2. The third-order valence-corrected chi connectivity index (χ3v) is 2.49. The first-order chi connectivity index (χ1) is 6.72. The van der Waals surface area contributed by atoms with Crippen LogP contribution in [-0.2, 0) is 0 Å². The summed E-state index contributed by atoms with van der Waals surface area (Å²) in [7, 11) is 0. The first-order valence-electron chi connectivity index (χ1n) is 4.47. The van der Waals surface area contributed by atoms with Crippen molar-refractivity contribution in [2.45, 2.75) is 13.8 Å². The second-order valence-electron chi connectivity index (χ2n) is 3.36. The lowest BCUT2D eigenvalue weighted by atomic mass is 10.1. The third-order valence-electron chi connectivity index (χ3n) is 2.49. The Morgan fingerprint density at radius 1 is 1.14 bits per heavy atom. The van der Waals surface area contributed by atoms with Crippen LogP contribution in [0.3, 0.4) is 0 Å². The van der Waals surface area contributed by atoms with Gasteiger partial charge in [0.25, 0.3) is 5.82 Å². The second kappa shape index (κ2) is 3.12. The molecule has 1 heterocycles. The average molecular weight is 182 g/mol. The zero-order valence-electron chi connectivity index (χ0n) is 8.20. The molecule has 0 fully saturated rings. The summed E-state index contributed by atoms with van der Waals surface area (Å²) in [4.78, 5) is 7.63. The molecule has 14 heavy (non-hydrogen) atoms. The van der Waals surface area contributed by atoms with Gasteiger partial charge >= 0.3 is 0 Å². The Morgan fingerprint density at radius 3 is 2.57 bits per heavy atom. The fourth-order valence-corrected chi connectivity index (χ4v) is 1.48. The Hall–Kier alpha value is -1.88. The van der Waals surface area contributed by atoms with E-state index < -0.39 is 0 Å². The van der Waals surface area contributed by atoms with Crippen LogP contribution in [0.15, 0.2) is 24.3 Å². The van der Waals surface area contributed by atoms with E-state index in [4.69, 9.17) is 6.57 Å². The fourth-order valence-electron chi connectivity index (χ4n) is 1.48. The predicted molar refractivity (Wildman–Crippen MR) is 57.5 cm³/mol. The summed E-state index contributed by atoms with van der Waals surface area (Å²) in [5.41, 5.74) is 3.32. The average Bonchev–Trinajstić information content (AvgIpc) is 2.23. The van der Waals surface area contributed by atoms with Crippen molar-refractivity contribution in [1.82, 2.24) is 4.98 Å². The lowest BCUT2D eigenvalue weighted by Gasteiger charge is -2.01. The van der Waals surface area contributed by atoms with Crippen LogP contribution in [0.4, 0.5) is 5.82 Å². The number of benzene rings is 1. The Bertz CT molecular complexity index is 536. The van der Waals surface area contributed by atoms with E-state index in [1.165, 1.54) is 5.56 Å². The number of nitrogens with zero attached hydrogens (tertiary/aromatic N) is 2. The number of pyridine rings is 1. The first-order valence-corrected chi connectivity index (χ1v) is 4.47. The molecule has 1 aromatic heterocycles. The summed E-state index contributed by atoms with van der Waals surface area (Å²) in [5, 5.41) is 1.10. The third kappa shape index (κ3) is 1.23. The highest BCUT2D eigenvalue weighted by Gasteiger charge is 2.05. The van der Waals surface area contributed by atoms with Crippen LogP contribution in [0.25, 0.3) is 15.7 Å². The van der Waals surface area contributed by atoms with Gasteiger partial charge < -0.3 is 4.85 Å². The molecule has 0 amide bonds. The standard InChI is InChI=1S/C12H10N2/c1-8-4-5-10-6-7-11(13-3)14-12(10)9(8)2/h4-7H,1-2H3. The van der Waals surface area contributed by atoms with Crippen LogP contribution in [0.2, 0.25) is 0 Å². The van der Waals surface area contributed by atoms with Gasteiger partial charge in [0, 0.05) is 10.9 Å². The highest BCUT2D eigenvalue weighted by Crippen LogP contribution is 2.22. The summed E-state index contributed by atoms with van der Waals surface area (Å²) in [6.07, 6.45) is 0. The summed E-state index contributed by atoms with van der Waals surface area (Å²) in [6.45, 7) is 11.0. The molecule has 0 saturated carbocycles. The number of hydrogen-bond acceptors (Lipinski definition) is 1. The molecule has 0 atom stereocenters. The Morgan fingerprint density at radius 2 is 1.86 bits per heavy atom. The lowest BCUT2D eigenvalue weighted by molar-refractivity contribution is 1.32. The van der Waals surface area contributed by atoms with Crippen molar-refractivity contribution in [2.24, 2.45) is 0 Å². The molecule has 1 aromatic carbocycles. The monoisotopic (exact) mass is 182 g/mol. The summed E-state index contributed by atoms with van der Waals surface area (Å²) in [6, 6.07) is 7.82. The van der Waals surface area contributed by atoms with Crippen LogP contribution in [-0.4, -0.2) is 4.98 Å². The summed E-state index contributed by atoms with van der Waals surface area (Å²) in [5.74, 6) is 0.464. The highest BCUT2D eigenvalue weighted by molar-refractivity contribution is 5.84. The molecule has 0 aliphatic carbocycles. The maximum absolute atomic E-state index is 6.91. The van der Waals surface area contributed by atoms with E-state index in [9.17, 15) is 0 Å². The molecule has 0 radical (unpaired) electrons. The summed E-state index contributed by atoms with van der Waals surface area (Å²) < 4.78 is 0. The second-order valence-corrected chi connectivity index (χ2v) is 3.36. The van der Waals surface area contributed by atoms with Crippen molar-refractivity contribution < 1.29 is 0 Å². The Labute approximate surface area is 83.0 Å². The van der Waals surface area contributed by atoms with Gasteiger partial charge in [-0.15, -0.1) is 4.98 Å². The van der Waals surface area contributed by atoms with E-state index in [1.54, 1.807) is 6.07 Å². The molecule has 2 aromatic rings. The van der Waals surface area contributed by atoms with Gasteiger partial charge in [-0.2, -0.15) is 0 Å². The summed E-state index contributed by atoms with van der Waals surface area (Å²) >= 11 is 0. The van der Waals surface area contributed by atoms with E-state index in [0.29, 0.717) is 5.82 Å². The van der Waals surface area contributed by atoms with E-state index in [1.807, 2.05) is 19.1 Å². The largest absolute Gasteiger partial charge is 0.361 e. The Kier molecular flexibility index (Phi) is 1.94. The number of rotatable bonds is 0. The van der Waals surface area contributed by atoms with Crippen molar-refractivity contribution in [3.63, 3.8) is 0 Å². The molecule has 0 saturated heterocycles. The van der Waals surface area contributed by atoms with E-state index in [0.717, 1.165) is 16.5 Å². The van der Waals surface area contributed by atoms with Crippen molar-refractivity contribution in [3.05, 3.63) is 46.8 Å². The van der Waals surface area contributed by atoms with Gasteiger partial charge in [-0.25, -0.2) is 0 Å². The minimum absolute atomic E-state index is 0.464. The number of aromatic nitrogens is 1. The van der Waals surface area contributed by atoms with Gasteiger partial charge in [0.15, 0.2) is 5.52 Å². The molecule has 0 bridgehead atoms. The topological polar surface area (TPSA) is 17.2 Å². The quantitative estimate of drug-likeness (QED) is 0.571. The van der Waals surface area contributed by atoms with Crippen molar-refractivity contribution in [2.75, 3.05) is 0 Å². The smallest absolute Gasteiger partial charge is 0.270 e. The molecule has 0 N–H and O–H groups in total. The molecule has 2 heteroatoms. The first kappa shape index (κ1) is 8.71. The normalized spacial score (nSPS) is 10.1. The molecule has 0 aliphatic heterocycles. The molecule has 68 valence electrons. The lowest BCUT2D eigenvalue weighted by Crippen LogP contribution is -1.86. The molecular weight excluding hydrogens is 172 g/mol. The van der Waals surface area contributed by atoms with E-state index in [2.05, 4.69) is 22.8 Å². The number of fused-ring (bicyclic) bond motifs is 1. The Balaban J connectivity index is 2.86. The van der Waals surface area contributed by atoms with Crippen molar-refractivity contribution in [3.8, 4) is 0 Å². The molecule has 0 spiro atoms. The van der Waals surface area contributed by atoms with Crippen LogP contribution >= 0.6 is 0 Å². The van der Waals surface area contributed by atoms with Gasteiger partial charge in [-0.3, -0.25) is 0 Å². The van der Waals surface area contributed by atoms with Gasteiger partial charge in [-0.05, 0) is 25.5 Å². The minimum atomic E-state index is 0.464. The van der Waals surface area contributed by atoms with Crippen LogP contribution in [0.1, 0.15) is 11.1 Å². The molecular formula is C12H10N2. The molecule has 0 aliphatic rings. The number of hydrogen-bond donors (Lipinski definition) is 0. The van der Waals surface area contributed by atoms with Gasteiger partial charge in [0.05, 0.1) is 0 Å². The van der Waals surface area contributed by atoms with Gasteiger partial charge in [-0.1, -0.05) is 24.8 Å². The maximum atomic E-state index is 6.91. The molecule has 0 unspecified atom stereocenters. The van der Waals surface area contributed by atoms with Crippen LogP contribution in [0.5, 0.6) is 0 Å². The van der Waals surface area contributed by atoms with Crippen molar-refractivity contribution >= 4 is 16.7 Å². The van der Waals surface area contributed by atoms with Crippen molar-refractivity contribution in [1.29, 1.82) is 0 Å². The molecule has 2 rings (SSSR count). The fraction of sp³-hybridized carbons (Fsp3) is 0.167. The predicted octanol–water partition coefficient (Wildman–Crippen LogP) is 3.40. The van der Waals surface area contributed by atoms with E-state index in [-0.39, 0.29) is 0 Å². The molecule has 2 nitrogen and oxygen atoms in total. The maximum Gasteiger partial charge on any atom is 0.270 e. The van der Waals surface area contributed by atoms with Gasteiger partial charge in [0.1, 0.15) is 0 Å². The zero-order valence-corrected chi connectivity index (χ0v) is 8.20.